The minimum absolute atomic E-state index is 0.242. The molecule has 1 aliphatic rings. The molecule has 0 saturated carbocycles. The Kier molecular flexibility index (Phi) is 8.46. The van der Waals surface area contributed by atoms with Crippen LogP contribution in [0.5, 0.6) is 0 Å². The molecule has 0 bridgehead atoms. The molecule has 148 valence electrons. The zero-order valence-electron chi connectivity index (χ0n) is 15.5. The van der Waals surface area contributed by atoms with Crippen molar-refractivity contribution in [3.8, 4) is 0 Å². The van der Waals surface area contributed by atoms with E-state index in [4.69, 9.17) is 23.7 Å². The number of carbonyl (C=O) groups excluding carboxylic acids is 4. The van der Waals surface area contributed by atoms with Crippen molar-refractivity contribution in [2.45, 2.75) is 65.3 Å². The minimum atomic E-state index is -1.11. The van der Waals surface area contributed by atoms with Crippen LogP contribution in [0.2, 0.25) is 0 Å². The molecule has 10 nitrogen and oxygen atoms in total. The summed E-state index contributed by atoms with van der Waals surface area (Å²) in [6.45, 7) is 6.56. The molecule has 1 rings (SSSR count). The molecule has 10 heteroatoms. The van der Waals surface area contributed by atoms with Crippen LogP contribution in [0, 0.1) is 0 Å². The highest BCUT2D eigenvalue weighted by Crippen LogP contribution is 2.27. The van der Waals surface area contributed by atoms with E-state index in [0.29, 0.717) is 0 Å². The number of carbonyl (C=O) groups is 4. The lowest BCUT2D eigenvalue weighted by Gasteiger charge is -2.44. The van der Waals surface area contributed by atoms with Crippen molar-refractivity contribution in [3.05, 3.63) is 0 Å². The molecule has 1 heterocycles. The first-order chi connectivity index (χ1) is 12.1. The molecule has 1 amide bonds. The Morgan fingerprint density at radius 3 is 1.96 bits per heavy atom. The molecule has 0 aromatic carbocycles. The third-order valence-corrected chi connectivity index (χ3v) is 3.40. The molecular weight excluding hydrogens is 350 g/mol. The lowest BCUT2D eigenvalue weighted by Crippen LogP contribution is -2.66. The van der Waals surface area contributed by atoms with Crippen LogP contribution < -0.4 is 5.32 Å². The molecule has 0 aliphatic carbocycles. The maximum atomic E-state index is 11.6. The van der Waals surface area contributed by atoms with Gasteiger partial charge in [-0.25, -0.2) is 0 Å². The van der Waals surface area contributed by atoms with E-state index < -0.39 is 54.5 Å². The van der Waals surface area contributed by atoms with Gasteiger partial charge >= 0.3 is 17.9 Å². The highest BCUT2D eigenvalue weighted by molar-refractivity contribution is 5.73. The standard InChI is InChI=1S/C16H25NO9/c1-6-22-16-13(17-8(2)18)15(25-11(5)21)14(24-10(4)20)12(26-16)7-23-9(3)19/h12-16H,6-7H2,1-5H3,(H,17,18)/t12-,13-,14+,15-,16+/m0/s1. The summed E-state index contributed by atoms with van der Waals surface area (Å²) in [7, 11) is 0. The number of ether oxygens (including phenoxy) is 5. The van der Waals surface area contributed by atoms with Crippen molar-refractivity contribution >= 4 is 23.8 Å². The first-order valence-electron chi connectivity index (χ1n) is 8.17. The monoisotopic (exact) mass is 375 g/mol. The summed E-state index contributed by atoms with van der Waals surface area (Å²) in [6.07, 6.45) is -4.15. The minimum Gasteiger partial charge on any atom is -0.463 e. The van der Waals surface area contributed by atoms with Crippen LogP contribution in [0.25, 0.3) is 0 Å². The van der Waals surface area contributed by atoms with E-state index in [9.17, 15) is 19.2 Å². The predicted octanol–water partition coefficient (Wildman–Crippen LogP) is -0.321. The normalized spacial score (nSPS) is 28.0. The molecule has 5 atom stereocenters. The molecule has 0 unspecified atom stereocenters. The van der Waals surface area contributed by atoms with Gasteiger partial charge in [0.2, 0.25) is 5.91 Å². The molecule has 1 N–H and O–H groups in total. The van der Waals surface area contributed by atoms with Crippen molar-refractivity contribution < 1.29 is 42.9 Å². The zero-order chi connectivity index (χ0) is 19.9. The third-order valence-electron chi connectivity index (χ3n) is 3.40. The molecular formula is C16H25NO9. The van der Waals surface area contributed by atoms with Crippen LogP contribution in [0.15, 0.2) is 0 Å². The van der Waals surface area contributed by atoms with Crippen LogP contribution in [-0.4, -0.2) is 67.7 Å². The Bertz CT molecular complexity index is 536. The third kappa shape index (κ3) is 6.60. The first-order valence-corrected chi connectivity index (χ1v) is 8.17. The molecule has 0 aromatic rings. The Morgan fingerprint density at radius 1 is 0.923 bits per heavy atom. The lowest BCUT2D eigenvalue weighted by atomic mass is 9.96. The topological polar surface area (TPSA) is 126 Å². The van der Waals surface area contributed by atoms with E-state index in [1.165, 1.54) is 27.7 Å². The molecule has 1 fully saturated rings. The van der Waals surface area contributed by atoms with Crippen molar-refractivity contribution in [3.63, 3.8) is 0 Å². The number of amides is 1. The van der Waals surface area contributed by atoms with Gasteiger partial charge in [-0.1, -0.05) is 0 Å². The SMILES string of the molecule is CCO[C@@H]1O[C@@H](COC(C)=O)[C@@H](OC(C)=O)[C@@H](OC(C)=O)[C@@H]1NC(C)=O. The summed E-state index contributed by atoms with van der Waals surface area (Å²) >= 11 is 0. The van der Waals surface area contributed by atoms with Gasteiger partial charge in [-0.05, 0) is 6.92 Å². The summed E-state index contributed by atoms with van der Waals surface area (Å²) in [5.41, 5.74) is 0. The van der Waals surface area contributed by atoms with Gasteiger partial charge in [-0.2, -0.15) is 0 Å². The van der Waals surface area contributed by atoms with Gasteiger partial charge in [-0.15, -0.1) is 0 Å². The van der Waals surface area contributed by atoms with Crippen LogP contribution >= 0.6 is 0 Å². The summed E-state index contributed by atoms with van der Waals surface area (Å²) in [6, 6.07) is -0.922. The van der Waals surface area contributed by atoms with E-state index in [1.807, 2.05) is 0 Å². The Hall–Kier alpha value is -2.20. The summed E-state index contributed by atoms with van der Waals surface area (Å²) in [5, 5.41) is 2.60. The van der Waals surface area contributed by atoms with E-state index in [0.717, 1.165) is 0 Å². The Labute approximate surface area is 151 Å². The largest absolute Gasteiger partial charge is 0.463 e. The highest BCUT2D eigenvalue weighted by Gasteiger charge is 2.51. The van der Waals surface area contributed by atoms with Crippen LogP contribution in [-0.2, 0) is 42.9 Å². The molecule has 1 saturated heterocycles. The van der Waals surface area contributed by atoms with Crippen molar-refractivity contribution in [1.29, 1.82) is 0 Å². The van der Waals surface area contributed by atoms with Gasteiger partial charge in [-0.3, -0.25) is 19.2 Å². The predicted molar refractivity (Wildman–Crippen MR) is 85.6 cm³/mol. The maximum absolute atomic E-state index is 11.6. The number of rotatable bonds is 7. The molecule has 26 heavy (non-hydrogen) atoms. The van der Waals surface area contributed by atoms with Gasteiger partial charge in [0.05, 0.1) is 0 Å². The molecule has 0 spiro atoms. The van der Waals surface area contributed by atoms with Gasteiger partial charge in [0.25, 0.3) is 0 Å². The van der Waals surface area contributed by atoms with Gasteiger partial charge < -0.3 is 29.0 Å². The van der Waals surface area contributed by atoms with Gasteiger partial charge in [0.1, 0.15) is 18.8 Å². The second-order valence-electron chi connectivity index (χ2n) is 5.68. The first kappa shape index (κ1) is 21.8. The number of hydrogen-bond acceptors (Lipinski definition) is 9. The van der Waals surface area contributed by atoms with E-state index in [-0.39, 0.29) is 13.2 Å². The van der Waals surface area contributed by atoms with Crippen molar-refractivity contribution in [2.75, 3.05) is 13.2 Å². The fraction of sp³-hybridized carbons (Fsp3) is 0.750. The Balaban J connectivity index is 3.22. The number of nitrogens with one attached hydrogen (secondary N) is 1. The van der Waals surface area contributed by atoms with Crippen LogP contribution in [0.4, 0.5) is 0 Å². The van der Waals surface area contributed by atoms with Gasteiger partial charge in [0, 0.05) is 34.3 Å². The Morgan fingerprint density at radius 2 is 1.50 bits per heavy atom. The average molecular weight is 375 g/mol. The quantitative estimate of drug-likeness (QED) is 0.470. The molecule has 0 aromatic heterocycles. The van der Waals surface area contributed by atoms with E-state index in [1.54, 1.807) is 6.92 Å². The zero-order valence-corrected chi connectivity index (χ0v) is 15.5. The fourth-order valence-corrected chi connectivity index (χ4v) is 2.60. The summed E-state index contributed by atoms with van der Waals surface area (Å²) < 4.78 is 26.7. The smallest absolute Gasteiger partial charge is 0.303 e. The fourth-order valence-electron chi connectivity index (χ4n) is 2.60. The average Bonchev–Trinajstić information content (AvgIpc) is 2.50. The number of hydrogen-bond donors (Lipinski definition) is 1. The highest BCUT2D eigenvalue weighted by atomic mass is 16.7. The molecule has 1 aliphatic heterocycles. The van der Waals surface area contributed by atoms with Crippen LogP contribution in [0.1, 0.15) is 34.6 Å². The summed E-state index contributed by atoms with van der Waals surface area (Å²) in [4.78, 5) is 45.8. The van der Waals surface area contributed by atoms with Crippen molar-refractivity contribution in [2.24, 2.45) is 0 Å². The second-order valence-corrected chi connectivity index (χ2v) is 5.68. The second kappa shape index (κ2) is 10.1. The van der Waals surface area contributed by atoms with Gasteiger partial charge in [0.15, 0.2) is 18.5 Å². The summed E-state index contributed by atoms with van der Waals surface area (Å²) in [5.74, 6) is -2.28. The van der Waals surface area contributed by atoms with E-state index >= 15 is 0 Å². The molecule has 0 radical (unpaired) electrons. The van der Waals surface area contributed by atoms with Crippen LogP contribution in [0.3, 0.4) is 0 Å². The number of esters is 3. The lowest BCUT2D eigenvalue weighted by molar-refractivity contribution is -0.276. The maximum Gasteiger partial charge on any atom is 0.303 e. The van der Waals surface area contributed by atoms with Crippen molar-refractivity contribution in [1.82, 2.24) is 5.32 Å². The van der Waals surface area contributed by atoms with E-state index in [2.05, 4.69) is 5.32 Å².